The number of nitrogens with zero attached hydrogens (tertiary/aromatic N) is 1. The smallest absolute Gasteiger partial charge is 0.102 e. The van der Waals surface area contributed by atoms with E-state index in [9.17, 15) is 0 Å². The summed E-state index contributed by atoms with van der Waals surface area (Å²) in [5.74, 6) is 0. The maximum atomic E-state index is 5.73. The second-order valence-corrected chi connectivity index (χ2v) is 5.81. The Balaban J connectivity index is 3.46. The molecule has 0 rings (SSSR count). The zero-order chi connectivity index (χ0) is 17.2. The van der Waals surface area contributed by atoms with Crippen LogP contribution in [0.4, 0.5) is 0 Å². The van der Waals surface area contributed by atoms with E-state index in [1.165, 1.54) is 37.0 Å². The lowest BCUT2D eigenvalue weighted by molar-refractivity contribution is -0.925. The predicted molar refractivity (Wildman–Crippen MR) is 94.9 cm³/mol. The van der Waals surface area contributed by atoms with Crippen LogP contribution in [0.15, 0.2) is 0 Å². The highest BCUT2D eigenvalue weighted by Gasteiger charge is 2.21. The number of unbranched alkanes of at least 4 members (excludes halogenated alkanes) is 1. The minimum Gasteiger partial charge on any atom is -0.379 e. The summed E-state index contributed by atoms with van der Waals surface area (Å²) in [5.41, 5.74) is 0. The molecule has 0 fully saturated rings. The Hall–Kier alpha value is -0.200. The Morgan fingerprint density at radius 1 is 0.565 bits per heavy atom. The highest BCUT2D eigenvalue weighted by atomic mass is 16.6. The summed E-state index contributed by atoms with van der Waals surface area (Å²) in [6.45, 7) is 19.0. The summed E-state index contributed by atoms with van der Waals surface area (Å²) in [7, 11) is 0. The average Bonchev–Trinajstić information content (AvgIpc) is 2.59. The molecule has 0 radical (unpaired) electrons. The third-order valence-corrected chi connectivity index (χ3v) is 4.36. The van der Waals surface area contributed by atoms with Gasteiger partial charge in [0.05, 0.1) is 65.9 Å². The minimum atomic E-state index is 0.621. The van der Waals surface area contributed by atoms with Crippen LogP contribution in [-0.4, -0.2) is 83.5 Å². The molecule has 0 unspecified atom stereocenters. The van der Waals surface area contributed by atoms with Gasteiger partial charge in [0.25, 0.3) is 0 Å². The van der Waals surface area contributed by atoms with Crippen LogP contribution in [0.3, 0.4) is 0 Å². The number of rotatable bonds is 18. The molecule has 5 nitrogen and oxygen atoms in total. The Kier molecular flexibility index (Phi) is 16.5. The lowest BCUT2D eigenvalue weighted by Gasteiger charge is -2.36. The number of ether oxygens (including phenoxy) is 4. The van der Waals surface area contributed by atoms with Crippen LogP contribution in [0.2, 0.25) is 0 Å². The molecule has 0 aromatic carbocycles. The maximum absolute atomic E-state index is 5.73. The van der Waals surface area contributed by atoms with Crippen molar-refractivity contribution in [3.63, 3.8) is 0 Å². The van der Waals surface area contributed by atoms with Crippen LogP contribution >= 0.6 is 0 Å². The van der Waals surface area contributed by atoms with Crippen molar-refractivity contribution in [2.24, 2.45) is 0 Å². The summed E-state index contributed by atoms with van der Waals surface area (Å²) in [5, 5.41) is 0. The first-order valence-electron chi connectivity index (χ1n) is 9.40. The first-order valence-corrected chi connectivity index (χ1v) is 9.40. The van der Waals surface area contributed by atoms with Crippen molar-refractivity contribution in [2.45, 2.75) is 40.5 Å². The van der Waals surface area contributed by atoms with Gasteiger partial charge in [-0.3, -0.25) is 0 Å². The number of quaternary nitrogens is 1. The highest BCUT2D eigenvalue weighted by Crippen LogP contribution is 2.09. The van der Waals surface area contributed by atoms with Gasteiger partial charge in [-0.2, -0.15) is 0 Å². The minimum absolute atomic E-state index is 0.621. The quantitative estimate of drug-likeness (QED) is 0.285. The van der Waals surface area contributed by atoms with Gasteiger partial charge in [-0.1, -0.05) is 13.3 Å². The van der Waals surface area contributed by atoms with Gasteiger partial charge >= 0.3 is 0 Å². The molecule has 0 spiro atoms. The van der Waals surface area contributed by atoms with E-state index in [1.54, 1.807) is 0 Å². The first-order chi connectivity index (χ1) is 11.2. The molecule has 0 aromatic rings. The fraction of sp³-hybridized carbons (Fsp3) is 1.00. The monoisotopic (exact) mass is 334 g/mol. The van der Waals surface area contributed by atoms with Crippen LogP contribution in [0.5, 0.6) is 0 Å². The summed E-state index contributed by atoms with van der Waals surface area (Å²) in [6.07, 6.45) is 2.56. The molecule has 0 aromatic heterocycles. The standard InChI is InChI=1S/C18H40NO4/c1-5-9-10-19(6-2,7-3)11-12-21-15-16-23-18-17-22-14-13-20-8-4/h5-18H2,1-4H3/q+1. The Morgan fingerprint density at radius 2 is 1.04 bits per heavy atom. The largest absolute Gasteiger partial charge is 0.379 e. The van der Waals surface area contributed by atoms with Gasteiger partial charge in [0, 0.05) is 6.61 Å². The van der Waals surface area contributed by atoms with Gasteiger partial charge < -0.3 is 23.4 Å². The molecule has 0 bridgehead atoms. The number of likely N-dealkylation sites (N-methyl/N-ethyl adjacent to an activating group) is 1. The SMILES string of the molecule is CCCC[N+](CC)(CC)CCOCCOCCOCCOCC. The molecule has 0 aliphatic carbocycles. The van der Waals surface area contributed by atoms with Gasteiger partial charge in [-0.25, -0.2) is 0 Å². The summed E-state index contributed by atoms with van der Waals surface area (Å²) in [4.78, 5) is 0. The Morgan fingerprint density at radius 3 is 1.48 bits per heavy atom. The van der Waals surface area contributed by atoms with Crippen LogP contribution in [0.25, 0.3) is 0 Å². The van der Waals surface area contributed by atoms with E-state index in [0.717, 1.165) is 19.8 Å². The molecule has 0 saturated carbocycles. The molecule has 0 heterocycles. The van der Waals surface area contributed by atoms with Crippen molar-refractivity contribution in [3.05, 3.63) is 0 Å². The van der Waals surface area contributed by atoms with E-state index in [2.05, 4.69) is 20.8 Å². The van der Waals surface area contributed by atoms with Gasteiger partial charge in [0.15, 0.2) is 0 Å². The zero-order valence-corrected chi connectivity index (χ0v) is 16.0. The Labute approximate surface area is 143 Å². The van der Waals surface area contributed by atoms with E-state index in [-0.39, 0.29) is 0 Å². The molecule has 0 amide bonds. The zero-order valence-electron chi connectivity index (χ0n) is 16.0. The molecule has 5 heteroatoms. The van der Waals surface area contributed by atoms with E-state index < -0.39 is 0 Å². The second kappa shape index (κ2) is 16.7. The molecule has 140 valence electrons. The van der Waals surface area contributed by atoms with Gasteiger partial charge in [0.2, 0.25) is 0 Å². The molecule has 0 N–H and O–H groups in total. The first kappa shape index (κ1) is 22.8. The molecule has 0 saturated heterocycles. The third-order valence-electron chi connectivity index (χ3n) is 4.36. The second-order valence-electron chi connectivity index (χ2n) is 5.81. The summed E-state index contributed by atoms with van der Waals surface area (Å²) < 4.78 is 23.0. The normalized spacial score (nSPS) is 12.0. The van der Waals surface area contributed by atoms with Crippen molar-refractivity contribution in [2.75, 3.05) is 79.0 Å². The van der Waals surface area contributed by atoms with E-state index >= 15 is 0 Å². The molecule has 0 atom stereocenters. The molecule has 23 heavy (non-hydrogen) atoms. The third kappa shape index (κ3) is 12.8. The lowest BCUT2D eigenvalue weighted by atomic mass is 10.2. The van der Waals surface area contributed by atoms with Crippen LogP contribution < -0.4 is 0 Å². The summed E-state index contributed by atoms with van der Waals surface area (Å²) in [6, 6.07) is 0. The molecule has 0 aliphatic heterocycles. The van der Waals surface area contributed by atoms with Gasteiger partial charge in [0.1, 0.15) is 6.54 Å². The van der Waals surface area contributed by atoms with Crippen LogP contribution in [-0.2, 0) is 18.9 Å². The number of hydrogen-bond acceptors (Lipinski definition) is 4. The van der Waals surface area contributed by atoms with E-state index in [4.69, 9.17) is 18.9 Å². The van der Waals surface area contributed by atoms with Crippen molar-refractivity contribution in [3.8, 4) is 0 Å². The fourth-order valence-corrected chi connectivity index (χ4v) is 2.52. The van der Waals surface area contributed by atoms with Crippen LogP contribution in [0.1, 0.15) is 40.5 Å². The topological polar surface area (TPSA) is 36.9 Å². The lowest BCUT2D eigenvalue weighted by Crippen LogP contribution is -2.50. The molecular weight excluding hydrogens is 294 g/mol. The fourth-order valence-electron chi connectivity index (χ4n) is 2.52. The predicted octanol–water partition coefficient (Wildman–Crippen LogP) is 2.73. The maximum Gasteiger partial charge on any atom is 0.102 e. The number of hydrogen-bond donors (Lipinski definition) is 0. The van der Waals surface area contributed by atoms with Crippen molar-refractivity contribution in [1.82, 2.24) is 0 Å². The van der Waals surface area contributed by atoms with Gasteiger partial charge in [-0.05, 0) is 27.2 Å². The molecular formula is C18H40NO4+. The van der Waals surface area contributed by atoms with Crippen molar-refractivity contribution in [1.29, 1.82) is 0 Å². The van der Waals surface area contributed by atoms with Crippen molar-refractivity contribution < 1.29 is 23.4 Å². The highest BCUT2D eigenvalue weighted by molar-refractivity contribution is 4.43. The van der Waals surface area contributed by atoms with E-state index in [1.807, 2.05) is 6.92 Å². The summed E-state index contributed by atoms with van der Waals surface area (Å²) >= 11 is 0. The van der Waals surface area contributed by atoms with Crippen LogP contribution in [0, 0.1) is 0 Å². The van der Waals surface area contributed by atoms with E-state index in [0.29, 0.717) is 39.6 Å². The molecule has 0 aliphatic rings. The van der Waals surface area contributed by atoms with Crippen molar-refractivity contribution >= 4 is 0 Å². The average molecular weight is 335 g/mol. The Bertz CT molecular complexity index is 235. The van der Waals surface area contributed by atoms with Gasteiger partial charge in [-0.15, -0.1) is 0 Å².